The molecule has 0 bridgehead atoms. The van der Waals surface area contributed by atoms with E-state index >= 15 is 0 Å². The van der Waals surface area contributed by atoms with Crippen molar-refractivity contribution < 1.29 is 9.59 Å². The molecule has 0 aromatic heterocycles. The van der Waals surface area contributed by atoms with Crippen LogP contribution >= 0.6 is 0 Å². The number of nitrogens with one attached hydrogen (secondary N) is 2. The molecule has 0 saturated carbocycles. The zero-order valence-electron chi connectivity index (χ0n) is 9.61. The van der Waals surface area contributed by atoms with E-state index in [1.807, 2.05) is 6.07 Å². The quantitative estimate of drug-likeness (QED) is 0.662. The van der Waals surface area contributed by atoms with Crippen molar-refractivity contribution in [3.8, 4) is 0 Å². The highest BCUT2D eigenvalue weighted by Crippen LogP contribution is 1.97. The maximum atomic E-state index is 11.6. The minimum Gasteiger partial charge on any atom is -0.338 e. The van der Waals surface area contributed by atoms with Gasteiger partial charge in [-0.25, -0.2) is 4.79 Å². The second kappa shape index (κ2) is 7.40. The molecule has 5 nitrogen and oxygen atoms in total. The first-order valence-electron chi connectivity index (χ1n) is 5.58. The summed E-state index contributed by atoms with van der Waals surface area (Å²) in [6.07, 6.45) is 1.66. The molecular weight excluding hydrogens is 218 g/mol. The molecule has 0 radical (unpaired) electrons. The largest absolute Gasteiger partial charge is 0.338 e. The summed E-state index contributed by atoms with van der Waals surface area (Å²) < 4.78 is 0. The molecule has 3 amide bonds. The van der Waals surface area contributed by atoms with Crippen molar-refractivity contribution in [2.75, 3.05) is 13.1 Å². The van der Waals surface area contributed by atoms with Crippen molar-refractivity contribution >= 4 is 11.9 Å². The highest BCUT2D eigenvalue weighted by molar-refractivity contribution is 6.04. The molecule has 0 spiro atoms. The number of carbonyl (C=O) groups excluding carboxylic acids is 2. The van der Waals surface area contributed by atoms with Gasteiger partial charge in [0.25, 0.3) is 5.91 Å². The lowest BCUT2D eigenvalue weighted by molar-refractivity contribution is 0.0964. The zero-order chi connectivity index (χ0) is 12.5. The van der Waals surface area contributed by atoms with Crippen LogP contribution in [0.4, 0.5) is 4.79 Å². The van der Waals surface area contributed by atoms with Gasteiger partial charge >= 0.3 is 6.03 Å². The molecule has 92 valence electrons. The standard InChI is InChI=1S/C12H17N3O2/c13-8-4-5-9-14-12(17)15-11(16)10-6-2-1-3-7-10/h1-3,6-7H,4-5,8-9,13H2,(H2,14,15,16,17). The van der Waals surface area contributed by atoms with Gasteiger partial charge in [0.2, 0.25) is 0 Å². The Morgan fingerprint density at radius 2 is 1.82 bits per heavy atom. The lowest BCUT2D eigenvalue weighted by Gasteiger charge is -2.06. The maximum Gasteiger partial charge on any atom is 0.321 e. The normalized spacial score (nSPS) is 9.71. The summed E-state index contributed by atoms with van der Waals surface area (Å²) >= 11 is 0. The first-order chi connectivity index (χ1) is 8.24. The van der Waals surface area contributed by atoms with E-state index in [1.54, 1.807) is 24.3 Å². The van der Waals surface area contributed by atoms with Gasteiger partial charge in [0.05, 0.1) is 0 Å². The van der Waals surface area contributed by atoms with E-state index in [1.165, 1.54) is 0 Å². The number of amides is 3. The molecule has 0 aliphatic carbocycles. The van der Waals surface area contributed by atoms with Crippen LogP contribution in [0.2, 0.25) is 0 Å². The smallest absolute Gasteiger partial charge is 0.321 e. The molecule has 0 atom stereocenters. The number of benzene rings is 1. The second-order valence-corrected chi connectivity index (χ2v) is 3.57. The van der Waals surface area contributed by atoms with E-state index in [-0.39, 0.29) is 0 Å². The average Bonchev–Trinajstić information content (AvgIpc) is 2.36. The Morgan fingerprint density at radius 1 is 1.12 bits per heavy atom. The van der Waals surface area contributed by atoms with E-state index in [0.29, 0.717) is 18.7 Å². The van der Waals surface area contributed by atoms with Crippen LogP contribution in [-0.4, -0.2) is 25.0 Å². The van der Waals surface area contributed by atoms with Gasteiger partial charge in [-0.05, 0) is 31.5 Å². The van der Waals surface area contributed by atoms with Crippen molar-refractivity contribution in [1.82, 2.24) is 10.6 Å². The van der Waals surface area contributed by atoms with Crippen molar-refractivity contribution in [3.05, 3.63) is 35.9 Å². The highest BCUT2D eigenvalue weighted by Gasteiger charge is 2.08. The Bertz CT molecular complexity index is 365. The fourth-order valence-electron chi connectivity index (χ4n) is 1.28. The number of hydrogen-bond acceptors (Lipinski definition) is 3. The van der Waals surface area contributed by atoms with Crippen LogP contribution in [0.25, 0.3) is 0 Å². The molecule has 0 aliphatic heterocycles. The molecule has 0 aliphatic rings. The Labute approximate surface area is 100 Å². The molecule has 0 unspecified atom stereocenters. The van der Waals surface area contributed by atoms with Gasteiger partial charge in [0, 0.05) is 12.1 Å². The van der Waals surface area contributed by atoms with Gasteiger partial charge in [-0.2, -0.15) is 0 Å². The van der Waals surface area contributed by atoms with E-state index in [9.17, 15) is 9.59 Å². The van der Waals surface area contributed by atoms with E-state index < -0.39 is 11.9 Å². The number of urea groups is 1. The summed E-state index contributed by atoms with van der Waals surface area (Å²) in [7, 11) is 0. The maximum absolute atomic E-state index is 11.6. The summed E-state index contributed by atoms with van der Waals surface area (Å²) in [4.78, 5) is 22.9. The van der Waals surface area contributed by atoms with Crippen molar-refractivity contribution in [1.29, 1.82) is 0 Å². The van der Waals surface area contributed by atoms with Crippen LogP contribution in [-0.2, 0) is 0 Å². The molecule has 1 aromatic carbocycles. The Hall–Kier alpha value is -1.88. The Kier molecular flexibility index (Phi) is 5.74. The topological polar surface area (TPSA) is 84.2 Å². The molecule has 0 heterocycles. The zero-order valence-corrected chi connectivity index (χ0v) is 9.61. The van der Waals surface area contributed by atoms with Crippen LogP contribution in [0.1, 0.15) is 23.2 Å². The van der Waals surface area contributed by atoms with Crippen LogP contribution in [0.15, 0.2) is 30.3 Å². The van der Waals surface area contributed by atoms with Gasteiger partial charge < -0.3 is 11.1 Å². The number of hydrogen-bond donors (Lipinski definition) is 3. The Balaban J connectivity index is 2.29. The van der Waals surface area contributed by atoms with E-state index in [0.717, 1.165) is 12.8 Å². The lowest BCUT2D eigenvalue weighted by atomic mass is 10.2. The highest BCUT2D eigenvalue weighted by atomic mass is 16.2. The first kappa shape index (κ1) is 13.2. The number of imide groups is 1. The van der Waals surface area contributed by atoms with Crippen LogP contribution in [0.3, 0.4) is 0 Å². The van der Waals surface area contributed by atoms with Crippen LogP contribution in [0.5, 0.6) is 0 Å². The molecule has 4 N–H and O–H groups in total. The average molecular weight is 235 g/mol. The number of carbonyl (C=O) groups is 2. The predicted molar refractivity (Wildman–Crippen MR) is 65.6 cm³/mol. The minimum absolute atomic E-state index is 0.401. The monoisotopic (exact) mass is 235 g/mol. The van der Waals surface area contributed by atoms with Crippen molar-refractivity contribution in [2.24, 2.45) is 5.73 Å². The van der Waals surface area contributed by atoms with Gasteiger partial charge in [-0.3, -0.25) is 10.1 Å². The molecule has 0 saturated heterocycles. The summed E-state index contributed by atoms with van der Waals surface area (Å²) in [6.45, 7) is 1.12. The fourth-order valence-corrected chi connectivity index (χ4v) is 1.28. The number of unbranched alkanes of at least 4 members (excludes halogenated alkanes) is 1. The van der Waals surface area contributed by atoms with Gasteiger partial charge in [0.1, 0.15) is 0 Å². The molecule has 1 aromatic rings. The summed E-state index contributed by atoms with van der Waals surface area (Å²) in [5.41, 5.74) is 5.78. The van der Waals surface area contributed by atoms with E-state index in [4.69, 9.17) is 5.73 Å². The first-order valence-corrected chi connectivity index (χ1v) is 5.58. The molecule has 1 rings (SSSR count). The summed E-state index contributed by atoms with van der Waals surface area (Å²) in [5, 5.41) is 4.84. The number of rotatable bonds is 5. The third-order valence-electron chi connectivity index (χ3n) is 2.18. The third-order valence-corrected chi connectivity index (χ3v) is 2.18. The summed E-state index contributed by atoms with van der Waals surface area (Å²) in [5.74, 6) is -0.401. The molecule has 0 fully saturated rings. The van der Waals surface area contributed by atoms with Crippen molar-refractivity contribution in [3.63, 3.8) is 0 Å². The van der Waals surface area contributed by atoms with Gasteiger partial charge in [-0.1, -0.05) is 18.2 Å². The SMILES string of the molecule is NCCCCNC(=O)NC(=O)c1ccccc1. The summed E-state index contributed by atoms with van der Waals surface area (Å²) in [6, 6.07) is 8.12. The molecule has 5 heteroatoms. The van der Waals surface area contributed by atoms with Crippen molar-refractivity contribution in [2.45, 2.75) is 12.8 Å². The third kappa shape index (κ3) is 5.12. The minimum atomic E-state index is -0.476. The lowest BCUT2D eigenvalue weighted by Crippen LogP contribution is -2.39. The van der Waals surface area contributed by atoms with Gasteiger partial charge in [0.15, 0.2) is 0 Å². The Morgan fingerprint density at radius 3 is 2.47 bits per heavy atom. The van der Waals surface area contributed by atoms with Gasteiger partial charge in [-0.15, -0.1) is 0 Å². The van der Waals surface area contributed by atoms with Crippen LogP contribution in [0, 0.1) is 0 Å². The number of nitrogens with two attached hydrogens (primary N) is 1. The second-order valence-electron chi connectivity index (χ2n) is 3.57. The molecular formula is C12H17N3O2. The van der Waals surface area contributed by atoms with E-state index in [2.05, 4.69) is 10.6 Å². The fraction of sp³-hybridized carbons (Fsp3) is 0.333. The molecule has 17 heavy (non-hydrogen) atoms. The predicted octanol–water partition coefficient (Wildman–Crippen LogP) is 0.865. The van der Waals surface area contributed by atoms with Crippen LogP contribution < -0.4 is 16.4 Å².